The van der Waals surface area contributed by atoms with Crippen LogP contribution in [-0.4, -0.2) is 17.6 Å². The maximum absolute atomic E-state index is 12.7. The predicted octanol–water partition coefficient (Wildman–Crippen LogP) is 3.14. The van der Waals surface area contributed by atoms with E-state index >= 15 is 0 Å². The number of aromatic nitrogens is 1. The Labute approximate surface area is 105 Å². The van der Waals surface area contributed by atoms with E-state index in [1.54, 1.807) is 0 Å². The second kappa shape index (κ2) is 5.94. The molecule has 0 saturated heterocycles. The molecule has 1 aromatic rings. The number of nitrogens with zero attached hydrogens (tertiary/aromatic N) is 1. The highest BCUT2D eigenvalue weighted by atomic mass is 19.4. The van der Waals surface area contributed by atoms with Gasteiger partial charge in [0.1, 0.15) is 5.69 Å². The van der Waals surface area contributed by atoms with Crippen LogP contribution in [0.2, 0.25) is 0 Å². The number of carbonyl (C=O) groups excluding carboxylic acids is 1. The second-order valence-electron chi connectivity index (χ2n) is 3.50. The van der Waals surface area contributed by atoms with Gasteiger partial charge in [-0.2, -0.15) is 13.2 Å². The van der Waals surface area contributed by atoms with Crippen molar-refractivity contribution in [2.75, 3.05) is 6.61 Å². The van der Waals surface area contributed by atoms with Crippen molar-refractivity contribution in [1.29, 1.82) is 0 Å². The number of alkyl halides is 5. The van der Waals surface area contributed by atoms with E-state index in [1.165, 1.54) is 6.92 Å². The van der Waals surface area contributed by atoms with Gasteiger partial charge >= 0.3 is 12.1 Å². The number of rotatable bonds is 4. The van der Waals surface area contributed by atoms with E-state index in [9.17, 15) is 26.7 Å². The molecule has 19 heavy (non-hydrogen) atoms. The van der Waals surface area contributed by atoms with Crippen LogP contribution >= 0.6 is 0 Å². The van der Waals surface area contributed by atoms with Gasteiger partial charge < -0.3 is 4.74 Å². The minimum absolute atomic E-state index is 0.0511. The van der Waals surface area contributed by atoms with E-state index in [4.69, 9.17) is 0 Å². The first-order valence-corrected chi connectivity index (χ1v) is 5.26. The topological polar surface area (TPSA) is 39.2 Å². The van der Waals surface area contributed by atoms with Crippen LogP contribution in [-0.2, 0) is 22.1 Å². The van der Waals surface area contributed by atoms with Crippen molar-refractivity contribution in [3.63, 3.8) is 0 Å². The predicted molar refractivity (Wildman–Crippen MR) is 54.5 cm³/mol. The SMILES string of the molecule is CCOC(=O)Cc1c(C(F)(F)F)ccnc1C(F)F. The van der Waals surface area contributed by atoms with Crippen molar-refractivity contribution < 1.29 is 31.5 Å². The molecule has 0 saturated carbocycles. The smallest absolute Gasteiger partial charge is 0.416 e. The van der Waals surface area contributed by atoms with Crippen LogP contribution < -0.4 is 0 Å². The molecule has 0 unspecified atom stereocenters. The summed E-state index contributed by atoms with van der Waals surface area (Å²) in [5, 5.41) is 0. The molecule has 0 fully saturated rings. The Hall–Kier alpha value is -1.73. The van der Waals surface area contributed by atoms with Crippen molar-refractivity contribution in [2.24, 2.45) is 0 Å². The van der Waals surface area contributed by atoms with Crippen LogP contribution in [0.5, 0.6) is 0 Å². The highest BCUT2D eigenvalue weighted by Gasteiger charge is 2.36. The molecule has 1 heterocycles. The molecule has 8 heteroatoms. The summed E-state index contributed by atoms with van der Waals surface area (Å²) in [5.41, 5.74) is -3.20. The van der Waals surface area contributed by atoms with Crippen LogP contribution in [0.15, 0.2) is 12.3 Å². The third kappa shape index (κ3) is 3.87. The Bertz CT molecular complexity index is 459. The van der Waals surface area contributed by atoms with Crippen LogP contribution in [0.3, 0.4) is 0 Å². The molecule has 1 rings (SSSR count). The molecule has 0 N–H and O–H groups in total. The van der Waals surface area contributed by atoms with Crippen LogP contribution in [0.1, 0.15) is 30.2 Å². The molecule has 0 spiro atoms. The van der Waals surface area contributed by atoms with Gasteiger partial charge in [-0.25, -0.2) is 8.78 Å². The fourth-order valence-corrected chi connectivity index (χ4v) is 1.50. The molecule has 0 aliphatic rings. The molecular weight excluding hydrogens is 273 g/mol. The average Bonchev–Trinajstić information content (AvgIpc) is 2.27. The molecule has 1 aromatic heterocycles. The van der Waals surface area contributed by atoms with Gasteiger partial charge in [0.2, 0.25) is 0 Å². The van der Waals surface area contributed by atoms with Crippen LogP contribution in [0.4, 0.5) is 22.0 Å². The molecule has 0 atom stereocenters. The largest absolute Gasteiger partial charge is 0.466 e. The van der Waals surface area contributed by atoms with Crippen LogP contribution in [0.25, 0.3) is 0 Å². The summed E-state index contributed by atoms with van der Waals surface area (Å²) in [6, 6.07) is 0.556. The zero-order valence-corrected chi connectivity index (χ0v) is 9.80. The van der Waals surface area contributed by atoms with Gasteiger partial charge in [0.15, 0.2) is 0 Å². The zero-order chi connectivity index (χ0) is 14.6. The molecule has 0 bridgehead atoms. The third-order valence-electron chi connectivity index (χ3n) is 2.23. The Morgan fingerprint density at radius 3 is 2.53 bits per heavy atom. The lowest BCUT2D eigenvalue weighted by Crippen LogP contribution is -2.17. The number of esters is 1. The molecule has 0 amide bonds. The molecule has 0 aromatic carbocycles. The first-order chi connectivity index (χ1) is 8.77. The second-order valence-corrected chi connectivity index (χ2v) is 3.50. The number of hydrogen-bond acceptors (Lipinski definition) is 3. The van der Waals surface area contributed by atoms with E-state index in [0.717, 1.165) is 0 Å². The Kier molecular flexibility index (Phi) is 4.79. The number of ether oxygens (including phenoxy) is 1. The fraction of sp³-hybridized carbons (Fsp3) is 0.455. The van der Waals surface area contributed by atoms with Gasteiger partial charge in [-0.1, -0.05) is 0 Å². The average molecular weight is 283 g/mol. The van der Waals surface area contributed by atoms with Crippen molar-refractivity contribution >= 4 is 5.97 Å². The first-order valence-electron chi connectivity index (χ1n) is 5.26. The zero-order valence-electron chi connectivity index (χ0n) is 9.80. The summed E-state index contributed by atoms with van der Waals surface area (Å²) in [5.74, 6) is -1.01. The van der Waals surface area contributed by atoms with Gasteiger partial charge in [-0.3, -0.25) is 9.78 Å². The quantitative estimate of drug-likeness (QED) is 0.629. The Balaban J connectivity index is 3.26. The molecular formula is C11H10F5NO2. The summed E-state index contributed by atoms with van der Waals surface area (Å²) in [6.45, 7) is 1.41. The van der Waals surface area contributed by atoms with Gasteiger partial charge in [-0.15, -0.1) is 0 Å². The van der Waals surface area contributed by atoms with Crippen molar-refractivity contribution in [2.45, 2.75) is 25.9 Å². The summed E-state index contributed by atoms with van der Waals surface area (Å²) in [4.78, 5) is 14.4. The molecule has 0 radical (unpaired) electrons. The summed E-state index contributed by atoms with van der Waals surface area (Å²) in [6.07, 6.45) is -8.30. The van der Waals surface area contributed by atoms with E-state index < -0.39 is 41.8 Å². The van der Waals surface area contributed by atoms with Crippen LogP contribution in [0, 0.1) is 0 Å². The van der Waals surface area contributed by atoms with Gasteiger partial charge in [0.25, 0.3) is 6.43 Å². The fourth-order valence-electron chi connectivity index (χ4n) is 1.50. The molecule has 0 aliphatic carbocycles. The summed E-state index contributed by atoms with van der Waals surface area (Å²) >= 11 is 0. The first kappa shape index (κ1) is 15.3. The normalized spacial score (nSPS) is 11.7. The number of halogens is 5. The standard InChI is InChI=1S/C11H10F5NO2/c1-2-19-8(18)5-6-7(11(14,15)16)3-4-17-9(6)10(12)13/h3-4,10H,2,5H2,1H3. The number of carbonyl (C=O) groups is 1. The van der Waals surface area contributed by atoms with Crippen molar-refractivity contribution in [1.82, 2.24) is 4.98 Å². The Morgan fingerprint density at radius 2 is 2.05 bits per heavy atom. The van der Waals surface area contributed by atoms with E-state index in [2.05, 4.69) is 9.72 Å². The van der Waals surface area contributed by atoms with Gasteiger partial charge in [-0.05, 0) is 13.0 Å². The third-order valence-corrected chi connectivity index (χ3v) is 2.23. The number of pyridine rings is 1. The molecule has 106 valence electrons. The van der Waals surface area contributed by atoms with Crippen molar-refractivity contribution in [3.8, 4) is 0 Å². The summed E-state index contributed by atoms with van der Waals surface area (Å²) < 4.78 is 67.9. The number of hydrogen-bond donors (Lipinski definition) is 0. The lowest BCUT2D eigenvalue weighted by Gasteiger charge is -2.15. The maximum Gasteiger partial charge on any atom is 0.416 e. The van der Waals surface area contributed by atoms with E-state index in [-0.39, 0.29) is 6.61 Å². The summed E-state index contributed by atoms with van der Waals surface area (Å²) in [7, 11) is 0. The van der Waals surface area contributed by atoms with Gasteiger partial charge in [0.05, 0.1) is 18.6 Å². The Morgan fingerprint density at radius 1 is 1.42 bits per heavy atom. The molecule has 0 aliphatic heterocycles. The van der Waals surface area contributed by atoms with E-state index in [0.29, 0.717) is 12.3 Å². The molecule has 3 nitrogen and oxygen atoms in total. The highest BCUT2D eigenvalue weighted by molar-refractivity contribution is 5.73. The monoisotopic (exact) mass is 283 g/mol. The minimum atomic E-state index is -4.84. The van der Waals surface area contributed by atoms with Crippen molar-refractivity contribution in [3.05, 3.63) is 29.1 Å². The lowest BCUT2D eigenvalue weighted by molar-refractivity contribution is -0.143. The highest BCUT2D eigenvalue weighted by Crippen LogP contribution is 2.35. The minimum Gasteiger partial charge on any atom is -0.466 e. The van der Waals surface area contributed by atoms with Gasteiger partial charge in [0, 0.05) is 11.8 Å². The van der Waals surface area contributed by atoms with E-state index in [1.807, 2.05) is 0 Å². The maximum atomic E-state index is 12.7. The lowest BCUT2D eigenvalue weighted by atomic mass is 10.0.